The fourth-order valence-corrected chi connectivity index (χ4v) is 22.0. The van der Waals surface area contributed by atoms with Gasteiger partial charge in [0.15, 0.2) is 0 Å². The van der Waals surface area contributed by atoms with Crippen LogP contribution in [0.5, 0.6) is 0 Å². The molecule has 1 saturated carbocycles. The van der Waals surface area contributed by atoms with Crippen molar-refractivity contribution >= 4 is 24.2 Å². The Labute approximate surface area is 162 Å². The van der Waals surface area contributed by atoms with Gasteiger partial charge < -0.3 is 0 Å². The molecule has 1 aliphatic carbocycles. The van der Waals surface area contributed by atoms with E-state index >= 15 is 0 Å². The van der Waals surface area contributed by atoms with Crippen LogP contribution in [0.15, 0.2) is 11.1 Å². The molecule has 1 nitrogen and oxygen atoms in total. The molecule has 0 amide bonds. The van der Waals surface area contributed by atoms with Crippen molar-refractivity contribution in [3.05, 3.63) is 11.1 Å². The summed E-state index contributed by atoms with van der Waals surface area (Å²) in [4.78, 5) is 12.1. The van der Waals surface area contributed by atoms with Crippen molar-refractivity contribution in [3.63, 3.8) is 0 Å². The van der Waals surface area contributed by atoms with Crippen molar-refractivity contribution in [2.24, 2.45) is 5.92 Å². The monoisotopic (exact) mass is 456 g/mol. The van der Waals surface area contributed by atoms with Crippen molar-refractivity contribution in [2.75, 3.05) is 0 Å². The summed E-state index contributed by atoms with van der Waals surface area (Å²) in [5, 5.41) is 0. The van der Waals surface area contributed by atoms with E-state index in [0.717, 1.165) is 19.3 Å². The summed E-state index contributed by atoms with van der Waals surface area (Å²) in [6.07, 6.45) is 12.5. The van der Waals surface area contributed by atoms with E-state index in [1.165, 1.54) is 49.4 Å². The average molecular weight is 455 g/mol. The minimum atomic E-state index is -2.15. The van der Waals surface area contributed by atoms with Crippen LogP contribution in [0.3, 0.4) is 0 Å². The van der Waals surface area contributed by atoms with Crippen molar-refractivity contribution in [3.8, 4) is 0 Å². The number of allylic oxidation sites excluding steroid dienone is 2. The molecule has 1 fully saturated rings. The molecule has 1 unspecified atom stereocenters. The summed E-state index contributed by atoms with van der Waals surface area (Å²) in [5.41, 5.74) is 3.29. The predicted octanol–water partition coefficient (Wildman–Crippen LogP) is 7.93. The molecule has 0 N–H and O–H groups in total. The van der Waals surface area contributed by atoms with Crippen LogP contribution in [0, 0.1) is 5.92 Å². The molecule has 0 aromatic heterocycles. The normalized spacial score (nSPS) is 18.4. The van der Waals surface area contributed by atoms with Crippen LogP contribution in [0.4, 0.5) is 0 Å². The van der Waals surface area contributed by atoms with Crippen LogP contribution in [0.2, 0.25) is 17.7 Å². The first-order valence-electron chi connectivity index (χ1n) is 11.2. The van der Waals surface area contributed by atoms with Crippen LogP contribution in [0.1, 0.15) is 98.8 Å². The Balaban J connectivity index is 3.02. The third-order valence-corrected chi connectivity index (χ3v) is 21.7. The molecule has 0 aromatic rings. The first-order valence-corrected chi connectivity index (χ1v) is 19.2. The van der Waals surface area contributed by atoms with Crippen molar-refractivity contribution in [2.45, 2.75) is 117 Å². The second-order valence-corrected chi connectivity index (χ2v) is 22.7. The predicted molar refractivity (Wildman–Crippen MR) is 115 cm³/mol. The quantitative estimate of drug-likeness (QED) is 0.216. The molecule has 0 saturated heterocycles. The Bertz CT molecular complexity index is 398. The molecule has 2 heteroatoms. The Kier molecular flexibility index (Phi) is 11.7. The van der Waals surface area contributed by atoms with Gasteiger partial charge in [-0.05, 0) is 0 Å². The molecule has 1 atom stereocenters. The van der Waals surface area contributed by atoms with Gasteiger partial charge in [-0.2, -0.15) is 0 Å². The zero-order chi connectivity index (χ0) is 18.7. The number of Topliss-reactive ketones (excluding diaryl/α,β-unsaturated/α-hetero) is 1. The van der Waals surface area contributed by atoms with Gasteiger partial charge in [-0.1, -0.05) is 0 Å². The third-order valence-electron chi connectivity index (χ3n) is 6.36. The summed E-state index contributed by atoms with van der Waals surface area (Å²) >= 11 is -2.15. The molecular weight excluding hydrogens is 411 g/mol. The molecule has 0 heterocycles. The summed E-state index contributed by atoms with van der Waals surface area (Å²) in [6, 6.07) is 0. The van der Waals surface area contributed by atoms with Crippen molar-refractivity contribution in [1.29, 1.82) is 0 Å². The minimum absolute atomic E-state index is 0.520. The van der Waals surface area contributed by atoms with Gasteiger partial charge in [-0.3, -0.25) is 0 Å². The number of unbranched alkanes of at least 4 members (excludes halogenated alkanes) is 3. The van der Waals surface area contributed by atoms with E-state index in [0.29, 0.717) is 11.7 Å². The molecule has 0 aliphatic heterocycles. The topological polar surface area (TPSA) is 17.1 Å². The summed E-state index contributed by atoms with van der Waals surface area (Å²) in [5.74, 6) is 1.11. The number of carbonyl (C=O) groups is 1. The zero-order valence-corrected chi connectivity index (χ0v) is 20.7. The number of carbonyl (C=O) groups excluding carboxylic acids is 1. The number of ketones is 1. The maximum atomic E-state index is 12.1. The van der Waals surface area contributed by atoms with Gasteiger partial charge in [0.1, 0.15) is 0 Å². The Hall–Kier alpha value is 0.209. The van der Waals surface area contributed by atoms with Gasteiger partial charge >= 0.3 is 163 Å². The summed E-state index contributed by atoms with van der Waals surface area (Å²) < 4.78 is 6.23. The van der Waals surface area contributed by atoms with Crippen LogP contribution in [-0.2, 0) is 4.79 Å². The zero-order valence-electron chi connectivity index (χ0n) is 17.9. The van der Waals surface area contributed by atoms with E-state index in [4.69, 9.17) is 0 Å². The Morgan fingerprint density at radius 3 is 1.88 bits per heavy atom. The summed E-state index contributed by atoms with van der Waals surface area (Å²) in [6.45, 7) is 11.7. The number of hydrogen-bond acceptors (Lipinski definition) is 1. The van der Waals surface area contributed by atoms with Crippen LogP contribution >= 0.6 is 0 Å². The third kappa shape index (κ3) is 8.18. The fraction of sp³-hybridized carbons (Fsp3) is 0.870. The maximum absolute atomic E-state index is 12.1. The molecular formula is C23H44OSn. The van der Waals surface area contributed by atoms with E-state index in [1.807, 2.05) is 0 Å². The molecule has 25 heavy (non-hydrogen) atoms. The molecule has 1 aliphatic rings. The van der Waals surface area contributed by atoms with E-state index in [1.54, 1.807) is 24.5 Å². The van der Waals surface area contributed by atoms with E-state index in [-0.39, 0.29) is 0 Å². The van der Waals surface area contributed by atoms with E-state index in [9.17, 15) is 4.79 Å². The van der Waals surface area contributed by atoms with Gasteiger partial charge in [0.2, 0.25) is 0 Å². The molecule has 0 bridgehead atoms. The van der Waals surface area contributed by atoms with E-state index in [2.05, 4.69) is 34.6 Å². The second kappa shape index (κ2) is 12.6. The second-order valence-electron chi connectivity index (χ2n) is 8.84. The SMILES string of the molecule is CCC[CH2][Sn]([CH2]CCC)([CH2]CCC)[CH2]C(=C(C)C)C1CCCC(=O)C1. The summed E-state index contributed by atoms with van der Waals surface area (Å²) in [7, 11) is 0. The van der Waals surface area contributed by atoms with Crippen LogP contribution in [-0.4, -0.2) is 24.2 Å². The molecule has 0 aromatic carbocycles. The molecule has 1 rings (SSSR count). The van der Waals surface area contributed by atoms with Gasteiger partial charge in [0, 0.05) is 0 Å². The number of hydrogen-bond donors (Lipinski definition) is 0. The number of rotatable bonds is 12. The van der Waals surface area contributed by atoms with Crippen LogP contribution < -0.4 is 0 Å². The van der Waals surface area contributed by atoms with Gasteiger partial charge in [-0.25, -0.2) is 0 Å². The van der Waals surface area contributed by atoms with Crippen LogP contribution in [0.25, 0.3) is 0 Å². The standard InChI is InChI=1S/C11H17O.3C4H9.Sn/c1-8(2)9(3)10-5-4-6-11(12)7-10;3*1-3-4-2;/h10H,3-7H2,1-2H3;3*1,3-4H2,2H3;. The first kappa shape index (κ1) is 23.2. The van der Waals surface area contributed by atoms with Crippen molar-refractivity contribution in [1.82, 2.24) is 0 Å². The van der Waals surface area contributed by atoms with Gasteiger partial charge in [0.05, 0.1) is 0 Å². The van der Waals surface area contributed by atoms with Crippen molar-refractivity contribution < 1.29 is 4.79 Å². The van der Waals surface area contributed by atoms with E-state index < -0.39 is 18.4 Å². The fourth-order valence-electron chi connectivity index (χ4n) is 4.75. The average Bonchev–Trinajstić information content (AvgIpc) is 2.60. The first-order chi connectivity index (χ1) is 12.0. The van der Waals surface area contributed by atoms with Gasteiger partial charge in [0.25, 0.3) is 0 Å². The Morgan fingerprint density at radius 2 is 1.48 bits per heavy atom. The van der Waals surface area contributed by atoms with Gasteiger partial charge in [-0.15, -0.1) is 0 Å². The molecule has 146 valence electrons. The Morgan fingerprint density at radius 1 is 0.960 bits per heavy atom. The molecule has 0 radical (unpaired) electrons. The molecule has 0 spiro atoms.